The molecule has 2 rings (SSSR count). The zero-order valence-corrected chi connectivity index (χ0v) is 8.88. The maximum atomic E-state index is 12.8. The Bertz CT molecular complexity index is 313. The van der Waals surface area contributed by atoms with Crippen LogP contribution in [0.4, 0.5) is 10.1 Å². The third-order valence-corrected chi connectivity index (χ3v) is 3.13. The molecule has 1 aliphatic heterocycles. The number of fused-ring (bicyclic) bond motifs is 1. The smallest absolute Gasteiger partial charge is 0.123 e. The quantitative estimate of drug-likeness (QED) is 0.520. The summed E-state index contributed by atoms with van der Waals surface area (Å²) in [4.78, 5) is 0. The number of hydrogen-bond acceptors (Lipinski definition) is 1. The highest BCUT2D eigenvalue weighted by molar-refractivity contribution is 14.1. The average Bonchev–Trinajstić information content (AvgIpc) is 2.28. The number of rotatable bonds is 0. The van der Waals surface area contributed by atoms with Crippen molar-refractivity contribution in [3.8, 4) is 0 Å². The Morgan fingerprint density at radius 2 is 2.33 bits per heavy atom. The Morgan fingerprint density at radius 3 is 3.08 bits per heavy atom. The largest absolute Gasteiger partial charge is 0.314 e. The van der Waals surface area contributed by atoms with Crippen molar-refractivity contribution in [2.24, 2.45) is 0 Å². The zero-order chi connectivity index (χ0) is 8.72. The first-order valence-corrected chi connectivity index (χ1v) is 4.88. The minimum atomic E-state index is -0.132. The van der Waals surface area contributed by atoms with Gasteiger partial charge in [0.25, 0.3) is 0 Å². The van der Waals surface area contributed by atoms with E-state index in [1.54, 1.807) is 6.07 Å². The van der Waals surface area contributed by atoms with Crippen LogP contribution in [0.25, 0.3) is 0 Å². The van der Waals surface area contributed by atoms with Crippen LogP contribution in [0.3, 0.4) is 0 Å². The Balaban J connectivity index is 2.53. The first kappa shape index (κ1) is 8.29. The Labute approximate surface area is 85.1 Å². The second-order valence-electron chi connectivity index (χ2n) is 3.15. The summed E-state index contributed by atoms with van der Waals surface area (Å²) in [6, 6.07) is 5.00. The molecule has 0 fully saturated rings. The molecular weight excluding hydrogens is 268 g/mol. The third-order valence-electron chi connectivity index (χ3n) is 2.22. The van der Waals surface area contributed by atoms with E-state index in [1.165, 1.54) is 6.07 Å². The molecule has 1 aromatic rings. The van der Waals surface area contributed by atoms with Gasteiger partial charge in [-0.1, -0.05) is 6.92 Å². The van der Waals surface area contributed by atoms with Crippen LogP contribution in [0.5, 0.6) is 0 Å². The minimum absolute atomic E-state index is 0.132. The molecule has 1 atom stereocenters. The summed E-state index contributed by atoms with van der Waals surface area (Å²) in [5.74, 6) is 0.319. The van der Waals surface area contributed by atoms with Gasteiger partial charge in [0, 0.05) is 18.2 Å². The van der Waals surface area contributed by atoms with Gasteiger partial charge in [-0.15, -0.1) is 0 Å². The average molecular weight is 277 g/mol. The molecule has 0 saturated carbocycles. The molecule has 0 N–H and O–H groups in total. The molecule has 0 amide bonds. The minimum Gasteiger partial charge on any atom is -0.314 e. The van der Waals surface area contributed by atoms with Crippen LogP contribution in [0.15, 0.2) is 18.2 Å². The molecule has 0 spiro atoms. The molecule has 1 aromatic carbocycles. The summed E-state index contributed by atoms with van der Waals surface area (Å²) in [7, 11) is 0. The predicted octanol–water partition coefficient (Wildman–Crippen LogP) is 3.10. The van der Waals surface area contributed by atoms with Gasteiger partial charge in [0.1, 0.15) is 5.82 Å². The molecule has 0 bridgehead atoms. The van der Waals surface area contributed by atoms with Crippen molar-refractivity contribution in [1.29, 1.82) is 0 Å². The second-order valence-corrected chi connectivity index (χ2v) is 4.31. The number of nitrogens with zero attached hydrogens (tertiary/aromatic N) is 1. The normalized spacial score (nSPS) is 21.2. The third kappa shape index (κ3) is 1.20. The van der Waals surface area contributed by atoms with E-state index in [1.807, 2.05) is 6.07 Å². The molecule has 3 heteroatoms. The fourth-order valence-corrected chi connectivity index (χ4v) is 2.61. The monoisotopic (exact) mass is 277 g/mol. The predicted molar refractivity (Wildman–Crippen MR) is 56.2 cm³/mol. The molecule has 1 nitrogen and oxygen atoms in total. The van der Waals surface area contributed by atoms with Crippen molar-refractivity contribution in [3.05, 3.63) is 29.6 Å². The van der Waals surface area contributed by atoms with E-state index in [0.717, 1.165) is 17.8 Å². The highest BCUT2D eigenvalue weighted by Gasteiger charge is 2.23. The van der Waals surface area contributed by atoms with E-state index in [-0.39, 0.29) is 5.82 Å². The van der Waals surface area contributed by atoms with E-state index in [9.17, 15) is 4.39 Å². The standard InChI is InChI=1S/C9H9FIN/c1-6-5-12(11)9-3-2-7(10)4-8(6)9/h2-4,6H,5H2,1H3. The first-order chi connectivity index (χ1) is 5.68. The summed E-state index contributed by atoms with van der Waals surface area (Å²) in [6.45, 7) is 3.11. The molecule has 64 valence electrons. The first-order valence-electron chi connectivity index (χ1n) is 3.91. The highest BCUT2D eigenvalue weighted by Crippen LogP contribution is 2.38. The van der Waals surface area contributed by atoms with E-state index in [0.29, 0.717) is 5.92 Å². The molecule has 12 heavy (non-hydrogen) atoms. The highest BCUT2D eigenvalue weighted by atomic mass is 127. The van der Waals surface area contributed by atoms with Crippen LogP contribution < -0.4 is 3.11 Å². The molecule has 1 heterocycles. The molecular formula is C9H9FIN. The molecule has 0 aliphatic carbocycles. The molecule has 1 unspecified atom stereocenters. The topological polar surface area (TPSA) is 3.24 Å². The lowest BCUT2D eigenvalue weighted by molar-refractivity contribution is 0.625. The Morgan fingerprint density at radius 1 is 1.58 bits per heavy atom. The lowest BCUT2D eigenvalue weighted by atomic mass is 10.0. The van der Waals surface area contributed by atoms with Gasteiger partial charge in [0.15, 0.2) is 0 Å². The van der Waals surface area contributed by atoms with Gasteiger partial charge in [-0.3, -0.25) is 0 Å². The summed E-state index contributed by atoms with van der Waals surface area (Å²) in [5, 5.41) is 0. The van der Waals surface area contributed by atoms with Crippen molar-refractivity contribution in [3.63, 3.8) is 0 Å². The summed E-state index contributed by atoms with van der Waals surface area (Å²) < 4.78 is 15.0. The Kier molecular flexibility index (Phi) is 1.98. The van der Waals surface area contributed by atoms with Gasteiger partial charge in [0.05, 0.1) is 22.9 Å². The van der Waals surface area contributed by atoms with Crippen molar-refractivity contribution in [2.75, 3.05) is 9.66 Å². The van der Waals surface area contributed by atoms with Crippen LogP contribution in [0.1, 0.15) is 18.4 Å². The van der Waals surface area contributed by atoms with E-state index < -0.39 is 0 Å². The van der Waals surface area contributed by atoms with Gasteiger partial charge in [-0.2, -0.15) is 0 Å². The maximum absolute atomic E-state index is 12.8. The number of halogens is 2. The van der Waals surface area contributed by atoms with Gasteiger partial charge in [-0.25, -0.2) is 4.39 Å². The lowest BCUT2D eigenvalue weighted by Gasteiger charge is -2.07. The van der Waals surface area contributed by atoms with Gasteiger partial charge >= 0.3 is 0 Å². The second kappa shape index (κ2) is 2.87. The molecule has 0 radical (unpaired) electrons. The van der Waals surface area contributed by atoms with E-state index in [2.05, 4.69) is 32.9 Å². The number of anilines is 1. The number of hydrogen-bond donors (Lipinski definition) is 0. The van der Waals surface area contributed by atoms with E-state index >= 15 is 0 Å². The Hall–Kier alpha value is -0.320. The van der Waals surface area contributed by atoms with E-state index in [4.69, 9.17) is 0 Å². The fraction of sp³-hybridized carbons (Fsp3) is 0.333. The van der Waals surface area contributed by atoms with Gasteiger partial charge < -0.3 is 3.11 Å². The van der Waals surface area contributed by atoms with Crippen LogP contribution in [-0.4, -0.2) is 6.54 Å². The lowest BCUT2D eigenvalue weighted by Crippen LogP contribution is -2.05. The van der Waals surface area contributed by atoms with Crippen LogP contribution in [-0.2, 0) is 0 Å². The van der Waals surface area contributed by atoms with Crippen molar-refractivity contribution < 1.29 is 4.39 Å². The maximum Gasteiger partial charge on any atom is 0.123 e. The molecule has 0 saturated heterocycles. The molecule has 0 aromatic heterocycles. The number of benzene rings is 1. The van der Waals surface area contributed by atoms with Crippen molar-refractivity contribution >= 4 is 28.6 Å². The van der Waals surface area contributed by atoms with Crippen molar-refractivity contribution in [2.45, 2.75) is 12.8 Å². The summed E-state index contributed by atoms with van der Waals surface area (Å²) in [5.41, 5.74) is 2.29. The fourth-order valence-electron chi connectivity index (χ4n) is 1.58. The summed E-state index contributed by atoms with van der Waals surface area (Å²) in [6.07, 6.45) is 0. The van der Waals surface area contributed by atoms with Crippen LogP contribution in [0.2, 0.25) is 0 Å². The zero-order valence-electron chi connectivity index (χ0n) is 6.72. The van der Waals surface area contributed by atoms with Crippen LogP contribution in [0, 0.1) is 5.82 Å². The molecule has 1 aliphatic rings. The van der Waals surface area contributed by atoms with Crippen molar-refractivity contribution in [1.82, 2.24) is 0 Å². The van der Waals surface area contributed by atoms with Crippen LogP contribution >= 0.6 is 22.9 Å². The SMILES string of the molecule is CC1CN(I)c2ccc(F)cc21. The van der Waals surface area contributed by atoms with Gasteiger partial charge in [-0.05, 0) is 23.8 Å². The summed E-state index contributed by atoms with van der Waals surface area (Å²) >= 11 is 2.26. The van der Waals surface area contributed by atoms with Gasteiger partial charge in [0.2, 0.25) is 0 Å².